The van der Waals surface area contributed by atoms with Crippen LogP contribution in [0.25, 0.3) is 0 Å². The van der Waals surface area contributed by atoms with Crippen LogP contribution in [0, 0.1) is 19.7 Å². The fourth-order valence-electron chi connectivity index (χ4n) is 1.78. The molecule has 0 unspecified atom stereocenters. The van der Waals surface area contributed by atoms with Crippen molar-refractivity contribution in [2.75, 3.05) is 11.1 Å². The number of benzene rings is 2. The van der Waals surface area contributed by atoms with Crippen LogP contribution < -0.4 is 11.1 Å². The highest BCUT2D eigenvalue weighted by Gasteiger charge is 2.12. The topological polar surface area (TPSA) is 55.1 Å². The Bertz CT molecular complexity index is 638. The van der Waals surface area contributed by atoms with Gasteiger partial charge in [-0.3, -0.25) is 4.79 Å². The van der Waals surface area contributed by atoms with Gasteiger partial charge in [-0.25, -0.2) is 4.39 Å². The first-order valence-corrected chi connectivity index (χ1v) is 5.91. The molecule has 98 valence electrons. The molecule has 0 atom stereocenters. The summed E-state index contributed by atoms with van der Waals surface area (Å²) in [5.74, 6) is -1.06. The molecule has 2 rings (SSSR count). The SMILES string of the molecule is Cc1cc(N)c(NC(=O)c2ccccc2F)cc1C. The smallest absolute Gasteiger partial charge is 0.258 e. The molecule has 0 aliphatic rings. The van der Waals surface area contributed by atoms with E-state index in [2.05, 4.69) is 5.32 Å². The highest BCUT2D eigenvalue weighted by molar-refractivity contribution is 6.06. The van der Waals surface area contributed by atoms with E-state index in [1.54, 1.807) is 18.2 Å². The standard InChI is InChI=1S/C15H15FN2O/c1-9-7-13(17)14(8-10(9)2)18-15(19)11-5-3-4-6-12(11)16/h3-8H,17H2,1-2H3,(H,18,19). The van der Waals surface area contributed by atoms with Crippen molar-refractivity contribution >= 4 is 17.3 Å². The van der Waals surface area contributed by atoms with Crippen LogP contribution in [0.2, 0.25) is 0 Å². The number of aryl methyl sites for hydroxylation is 2. The van der Waals surface area contributed by atoms with Crippen LogP contribution in [0.1, 0.15) is 21.5 Å². The van der Waals surface area contributed by atoms with E-state index in [9.17, 15) is 9.18 Å². The van der Waals surface area contributed by atoms with Crippen LogP contribution in [0.4, 0.5) is 15.8 Å². The molecule has 0 spiro atoms. The summed E-state index contributed by atoms with van der Waals surface area (Å²) in [5, 5.41) is 2.63. The van der Waals surface area contributed by atoms with Gasteiger partial charge in [0.25, 0.3) is 5.91 Å². The van der Waals surface area contributed by atoms with Gasteiger partial charge in [0.15, 0.2) is 0 Å². The lowest BCUT2D eigenvalue weighted by Crippen LogP contribution is -2.15. The maximum absolute atomic E-state index is 13.5. The average molecular weight is 258 g/mol. The third-order valence-corrected chi connectivity index (χ3v) is 3.03. The number of hydrogen-bond donors (Lipinski definition) is 2. The van der Waals surface area contributed by atoms with E-state index in [0.29, 0.717) is 11.4 Å². The molecule has 0 saturated carbocycles. The predicted octanol–water partition coefficient (Wildman–Crippen LogP) is 3.28. The zero-order chi connectivity index (χ0) is 14.0. The number of nitrogens with one attached hydrogen (secondary N) is 1. The number of carbonyl (C=O) groups excluding carboxylic acids is 1. The molecule has 2 aromatic carbocycles. The number of anilines is 2. The fraction of sp³-hybridized carbons (Fsp3) is 0.133. The minimum absolute atomic E-state index is 0.000119. The zero-order valence-corrected chi connectivity index (χ0v) is 10.8. The van der Waals surface area contributed by atoms with E-state index in [4.69, 9.17) is 5.73 Å². The Labute approximate surface area is 111 Å². The number of nitrogens with two attached hydrogens (primary N) is 1. The molecule has 0 radical (unpaired) electrons. The van der Waals surface area contributed by atoms with E-state index in [-0.39, 0.29) is 5.56 Å². The largest absolute Gasteiger partial charge is 0.397 e. The van der Waals surface area contributed by atoms with Crippen LogP contribution in [-0.2, 0) is 0 Å². The van der Waals surface area contributed by atoms with Crippen molar-refractivity contribution < 1.29 is 9.18 Å². The molecule has 0 aliphatic carbocycles. The van der Waals surface area contributed by atoms with Crippen LogP contribution in [0.3, 0.4) is 0 Å². The molecule has 0 heterocycles. The van der Waals surface area contributed by atoms with Crippen LogP contribution in [-0.4, -0.2) is 5.91 Å². The number of hydrogen-bond acceptors (Lipinski definition) is 2. The Morgan fingerprint density at radius 2 is 1.79 bits per heavy atom. The molecule has 0 saturated heterocycles. The van der Waals surface area contributed by atoms with Crippen LogP contribution >= 0.6 is 0 Å². The van der Waals surface area contributed by atoms with E-state index < -0.39 is 11.7 Å². The summed E-state index contributed by atoms with van der Waals surface area (Å²) in [5.41, 5.74) is 8.86. The van der Waals surface area contributed by atoms with Crippen molar-refractivity contribution in [3.8, 4) is 0 Å². The van der Waals surface area contributed by atoms with Gasteiger partial charge in [0, 0.05) is 0 Å². The Morgan fingerprint density at radius 3 is 2.47 bits per heavy atom. The molecule has 0 aliphatic heterocycles. The van der Waals surface area contributed by atoms with Crippen molar-refractivity contribution in [1.82, 2.24) is 0 Å². The number of carbonyl (C=O) groups is 1. The summed E-state index contributed by atoms with van der Waals surface area (Å²) >= 11 is 0. The van der Waals surface area contributed by atoms with Gasteiger partial charge in [-0.1, -0.05) is 12.1 Å². The quantitative estimate of drug-likeness (QED) is 0.812. The predicted molar refractivity (Wildman–Crippen MR) is 74.7 cm³/mol. The summed E-state index contributed by atoms with van der Waals surface area (Å²) in [4.78, 5) is 12.0. The molecule has 0 aromatic heterocycles. The van der Waals surface area contributed by atoms with Gasteiger partial charge in [-0.2, -0.15) is 0 Å². The summed E-state index contributed by atoms with van der Waals surface area (Å²) in [6.07, 6.45) is 0. The first-order valence-electron chi connectivity index (χ1n) is 5.91. The van der Waals surface area contributed by atoms with E-state index >= 15 is 0 Å². The van der Waals surface area contributed by atoms with Crippen molar-refractivity contribution in [1.29, 1.82) is 0 Å². The van der Waals surface area contributed by atoms with Gasteiger partial charge in [-0.15, -0.1) is 0 Å². The molecular weight excluding hydrogens is 243 g/mol. The summed E-state index contributed by atoms with van der Waals surface area (Å²) in [7, 11) is 0. The second kappa shape index (κ2) is 5.10. The van der Waals surface area contributed by atoms with Crippen molar-refractivity contribution in [2.24, 2.45) is 0 Å². The molecule has 0 bridgehead atoms. The van der Waals surface area contributed by atoms with Crippen molar-refractivity contribution in [2.45, 2.75) is 13.8 Å². The summed E-state index contributed by atoms with van der Waals surface area (Å²) < 4.78 is 13.5. The van der Waals surface area contributed by atoms with Crippen LogP contribution in [0.5, 0.6) is 0 Å². The third kappa shape index (κ3) is 2.73. The van der Waals surface area contributed by atoms with Gasteiger partial charge in [0.1, 0.15) is 5.82 Å². The molecule has 3 nitrogen and oxygen atoms in total. The minimum atomic E-state index is -0.553. The lowest BCUT2D eigenvalue weighted by molar-refractivity contribution is 0.102. The average Bonchev–Trinajstić information content (AvgIpc) is 2.36. The molecule has 0 fully saturated rings. The highest BCUT2D eigenvalue weighted by atomic mass is 19.1. The molecule has 3 N–H and O–H groups in total. The lowest BCUT2D eigenvalue weighted by Gasteiger charge is -2.11. The highest BCUT2D eigenvalue weighted by Crippen LogP contribution is 2.23. The number of rotatable bonds is 2. The van der Waals surface area contributed by atoms with Gasteiger partial charge in [0.2, 0.25) is 0 Å². The van der Waals surface area contributed by atoms with Crippen molar-refractivity contribution in [3.63, 3.8) is 0 Å². The van der Waals surface area contributed by atoms with Gasteiger partial charge < -0.3 is 11.1 Å². The first-order chi connectivity index (χ1) is 8.99. The second-order valence-corrected chi connectivity index (χ2v) is 4.46. The van der Waals surface area contributed by atoms with Gasteiger partial charge in [-0.05, 0) is 49.2 Å². The van der Waals surface area contributed by atoms with Crippen LogP contribution in [0.15, 0.2) is 36.4 Å². The molecule has 19 heavy (non-hydrogen) atoms. The van der Waals surface area contributed by atoms with E-state index in [1.165, 1.54) is 18.2 Å². The Morgan fingerprint density at radius 1 is 1.16 bits per heavy atom. The molecule has 1 amide bonds. The summed E-state index contributed by atoms with van der Waals surface area (Å²) in [6.45, 7) is 3.86. The van der Waals surface area contributed by atoms with E-state index in [0.717, 1.165) is 11.1 Å². The minimum Gasteiger partial charge on any atom is -0.397 e. The number of nitrogen functional groups attached to an aromatic ring is 1. The maximum Gasteiger partial charge on any atom is 0.258 e. The van der Waals surface area contributed by atoms with E-state index in [1.807, 2.05) is 13.8 Å². The Balaban J connectivity index is 2.30. The monoisotopic (exact) mass is 258 g/mol. The molecule has 4 heteroatoms. The second-order valence-electron chi connectivity index (χ2n) is 4.46. The molecule has 2 aromatic rings. The fourth-order valence-corrected chi connectivity index (χ4v) is 1.78. The normalized spacial score (nSPS) is 10.3. The third-order valence-electron chi connectivity index (χ3n) is 3.03. The summed E-state index contributed by atoms with van der Waals surface area (Å²) in [6, 6.07) is 9.40. The van der Waals surface area contributed by atoms with Gasteiger partial charge >= 0.3 is 0 Å². The maximum atomic E-state index is 13.5. The zero-order valence-electron chi connectivity index (χ0n) is 10.8. The Hall–Kier alpha value is -2.36. The van der Waals surface area contributed by atoms with Crippen molar-refractivity contribution in [3.05, 3.63) is 58.9 Å². The van der Waals surface area contributed by atoms with Gasteiger partial charge in [0.05, 0.1) is 16.9 Å². The lowest BCUT2D eigenvalue weighted by atomic mass is 10.1. The molecular formula is C15H15FN2O. The number of amides is 1. The Kier molecular flexibility index (Phi) is 3.51. The first kappa shape index (κ1) is 13.1. The number of halogens is 1.